The molecule has 3 aromatic carbocycles. The molecule has 228 valence electrons. The molecular weight excluding hydrogens is 708 g/mol. The van der Waals surface area contributed by atoms with Gasteiger partial charge in [-0.05, 0) is 0 Å². The molecule has 0 amide bonds. The van der Waals surface area contributed by atoms with Gasteiger partial charge < -0.3 is 0 Å². The van der Waals surface area contributed by atoms with Crippen LogP contribution in [0.15, 0.2) is 79.1 Å². The molecule has 7 rings (SSSR count). The van der Waals surface area contributed by atoms with E-state index in [1.165, 1.54) is 47.5 Å². The van der Waals surface area contributed by atoms with Crippen molar-refractivity contribution >= 4 is 19.7 Å². The van der Waals surface area contributed by atoms with E-state index in [9.17, 15) is 0 Å². The molecule has 0 saturated heterocycles. The summed E-state index contributed by atoms with van der Waals surface area (Å²) in [5.41, 5.74) is 8.59. The van der Waals surface area contributed by atoms with Crippen LogP contribution in [0.2, 0.25) is 0 Å². The summed E-state index contributed by atoms with van der Waals surface area (Å²) in [6.07, 6.45) is 4.66. The third kappa shape index (κ3) is 3.91. The molecule has 0 N–H and O–H groups in total. The quantitative estimate of drug-likeness (QED) is 0.230. The molecule has 0 unspecified atom stereocenters. The van der Waals surface area contributed by atoms with Gasteiger partial charge in [-0.3, -0.25) is 0 Å². The van der Waals surface area contributed by atoms with Gasteiger partial charge in [-0.25, -0.2) is 0 Å². The Morgan fingerprint density at radius 1 is 0.558 bits per heavy atom. The summed E-state index contributed by atoms with van der Waals surface area (Å²) in [7, 11) is 0. The van der Waals surface area contributed by atoms with Crippen LogP contribution in [0.4, 0.5) is 11.4 Å². The van der Waals surface area contributed by atoms with E-state index >= 15 is 0 Å². The molecule has 0 atom stereocenters. The van der Waals surface area contributed by atoms with E-state index in [2.05, 4.69) is 175 Å². The number of rotatable bonds is 0. The summed E-state index contributed by atoms with van der Waals surface area (Å²) in [6, 6.07) is 25.9. The van der Waals surface area contributed by atoms with Crippen molar-refractivity contribution < 1.29 is 17.6 Å². The van der Waals surface area contributed by atoms with E-state index in [4.69, 9.17) is 0 Å². The number of hydrogen-bond donors (Lipinski definition) is 0. The van der Waals surface area contributed by atoms with Gasteiger partial charge in [0.15, 0.2) is 0 Å². The Morgan fingerprint density at radius 2 is 1.14 bits per heavy atom. The molecule has 0 aromatic heterocycles. The van der Waals surface area contributed by atoms with Crippen molar-refractivity contribution in [3.05, 3.63) is 107 Å². The zero-order valence-corrected chi connectivity index (χ0v) is 29.9. The topological polar surface area (TPSA) is 13.0 Å². The van der Waals surface area contributed by atoms with Crippen LogP contribution < -0.4 is 9.80 Å². The first-order valence-electron chi connectivity index (χ1n) is 15.5. The van der Waals surface area contributed by atoms with Gasteiger partial charge in [0.05, 0.1) is 0 Å². The van der Waals surface area contributed by atoms with Crippen molar-refractivity contribution in [2.75, 3.05) is 9.80 Å². The van der Waals surface area contributed by atoms with Gasteiger partial charge in [-0.2, -0.15) is 0 Å². The van der Waals surface area contributed by atoms with Crippen LogP contribution >= 0.6 is 0 Å². The summed E-state index contributed by atoms with van der Waals surface area (Å²) in [4.78, 5) is 10.5. The first-order valence-corrected chi connectivity index (χ1v) is 17.8. The maximum absolute atomic E-state index is 2.70. The standard InChI is InChI=1S/C38H46N4.Pt/c1-34(2,3)29-22-30-24-31(23-29)37(8,9)41-26-42(33-18-13-12-17-32(33)41)38(10,11)40-20-19-39(25-40)36(6,7)28-16-14-15-27(21-28)35(30,4)5;/h12-24H,1-11H3;. The molecule has 3 aromatic rings. The van der Waals surface area contributed by atoms with Crippen molar-refractivity contribution in [3.8, 4) is 0 Å². The van der Waals surface area contributed by atoms with Crippen molar-refractivity contribution in [3.63, 3.8) is 0 Å². The predicted octanol–water partition coefficient (Wildman–Crippen LogP) is 8.22. The Balaban J connectivity index is 1.63. The van der Waals surface area contributed by atoms with E-state index < -0.39 is 17.6 Å². The van der Waals surface area contributed by atoms with E-state index in [1.807, 2.05) is 0 Å². The fraction of sp³-hybridized carbons (Fsp3) is 0.421. The second-order valence-electron chi connectivity index (χ2n) is 15.6. The van der Waals surface area contributed by atoms with Crippen LogP contribution in [0, 0.1) is 0 Å². The zero-order chi connectivity index (χ0) is 30.9. The number of nitrogens with zero attached hydrogens (tertiary/aromatic N) is 4. The predicted molar refractivity (Wildman–Crippen MR) is 178 cm³/mol. The van der Waals surface area contributed by atoms with Crippen molar-refractivity contribution in [2.45, 2.75) is 104 Å². The summed E-state index contributed by atoms with van der Waals surface area (Å²) >= 11 is -0.560. The number of fused-ring (bicyclic) bond motifs is 7. The van der Waals surface area contributed by atoms with Crippen LogP contribution in [-0.2, 0) is 39.5 Å². The van der Waals surface area contributed by atoms with Crippen molar-refractivity contribution in [1.29, 1.82) is 0 Å². The Morgan fingerprint density at radius 3 is 1.81 bits per heavy atom. The molecule has 4 aliphatic heterocycles. The molecular formula is C38H46N4Pt. The molecule has 4 heterocycles. The van der Waals surface area contributed by atoms with E-state index in [0.717, 1.165) is 0 Å². The number of hydrogen-bond acceptors (Lipinski definition) is 4. The molecule has 0 saturated carbocycles. The van der Waals surface area contributed by atoms with Gasteiger partial charge in [0, 0.05) is 0 Å². The van der Waals surface area contributed by atoms with E-state index in [1.54, 1.807) is 0 Å². The summed E-state index contributed by atoms with van der Waals surface area (Å²) < 4.78 is 2.90. The van der Waals surface area contributed by atoms with Gasteiger partial charge in [0.2, 0.25) is 0 Å². The summed E-state index contributed by atoms with van der Waals surface area (Å²) in [5, 5.41) is 0. The van der Waals surface area contributed by atoms with Gasteiger partial charge in [-0.1, -0.05) is 0 Å². The normalized spacial score (nSPS) is 22.3. The van der Waals surface area contributed by atoms with Crippen molar-refractivity contribution in [1.82, 2.24) is 9.80 Å². The number of para-hydroxylation sites is 2. The van der Waals surface area contributed by atoms with Crippen LogP contribution in [0.5, 0.6) is 0 Å². The summed E-state index contributed by atoms with van der Waals surface area (Å²) in [6.45, 7) is 26.3. The maximum atomic E-state index is 2.70. The Labute approximate surface area is 266 Å². The fourth-order valence-electron chi connectivity index (χ4n) is 7.11. The molecule has 0 radical (unpaired) electrons. The monoisotopic (exact) mass is 753 g/mol. The molecule has 4 aliphatic rings. The van der Waals surface area contributed by atoms with Crippen molar-refractivity contribution in [2.24, 2.45) is 0 Å². The van der Waals surface area contributed by atoms with Crippen LogP contribution in [0.25, 0.3) is 0 Å². The van der Waals surface area contributed by atoms with Crippen LogP contribution in [0.1, 0.15) is 104 Å². The molecule has 0 fully saturated rings. The summed E-state index contributed by atoms with van der Waals surface area (Å²) in [5.74, 6) is 0. The average molecular weight is 754 g/mol. The average Bonchev–Trinajstić information content (AvgIpc) is 3.53. The molecule has 0 spiro atoms. The third-order valence-corrected chi connectivity index (χ3v) is 13.5. The number of benzene rings is 3. The second kappa shape index (κ2) is 8.81. The first-order chi connectivity index (χ1) is 20.0. The minimum atomic E-state index is -0.560. The first kappa shape index (κ1) is 28.8. The fourth-order valence-corrected chi connectivity index (χ4v) is 12.0. The SMILES string of the molecule is CC(C)(C)c1cc2cc(c1)C(C)(C)N1[C]3=[Pt]=[C]4N(C=CN4C(C)(C)N3c3ccccc31)C(C)(C)c1cccc(c1)C2(C)C. The molecule has 6 bridgehead atoms. The van der Waals surface area contributed by atoms with Gasteiger partial charge in [0.1, 0.15) is 0 Å². The Hall–Kier alpha value is -2.97. The van der Waals surface area contributed by atoms with Gasteiger partial charge >= 0.3 is 268 Å². The minimum absolute atomic E-state index is 0.0283. The molecule has 0 aliphatic carbocycles. The Bertz CT molecular complexity index is 1780. The van der Waals surface area contributed by atoms with Gasteiger partial charge in [0.25, 0.3) is 0 Å². The number of anilines is 2. The zero-order valence-electron chi connectivity index (χ0n) is 27.6. The third-order valence-electron chi connectivity index (χ3n) is 10.4. The van der Waals surface area contributed by atoms with E-state index in [0.29, 0.717) is 0 Å². The second-order valence-corrected chi connectivity index (χ2v) is 18.2. The van der Waals surface area contributed by atoms with Gasteiger partial charge in [-0.15, -0.1) is 0 Å². The molecule has 4 nitrogen and oxygen atoms in total. The van der Waals surface area contributed by atoms with Crippen LogP contribution in [0.3, 0.4) is 0 Å². The molecule has 5 heteroatoms. The van der Waals surface area contributed by atoms with E-state index in [-0.39, 0.29) is 27.6 Å². The Kier molecular flexibility index (Phi) is 5.90. The van der Waals surface area contributed by atoms with Crippen LogP contribution in [-0.4, -0.2) is 23.8 Å². The molecule has 43 heavy (non-hydrogen) atoms.